The Labute approximate surface area is 105 Å². The minimum Gasteiger partial charge on any atom is -0.388 e. The summed E-state index contributed by atoms with van der Waals surface area (Å²) in [6, 6.07) is 3.90. The molecule has 0 aliphatic heterocycles. The predicted octanol–water partition coefficient (Wildman–Crippen LogP) is 1.01. The van der Waals surface area contributed by atoms with Gasteiger partial charge < -0.3 is 10.2 Å². The van der Waals surface area contributed by atoms with Crippen molar-refractivity contribution in [2.45, 2.75) is 24.4 Å². The lowest BCUT2D eigenvalue weighted by molar-refractivity contribution is -0.384. The highest BCUT2D eigenvalue weighted by molar-refractivity contribution is 5.35. The van der Waals surface area contributed by atoms with Crippen molar-refractivity contribution >= 4 is 5.69 Å². The average Bonchev–Trinajstić information content (AvgIpc) is 2.26. The van der Waals surface area contributed by atoms with Gasteiger partial charge >= 0.3 is 6.18 Å². The van der Waals surface area contributed by atoms with Crippen molar-refractivity contribution in [3.63, 3.8) is 0 Å². The fourth-order valence-electron chi connectivity index (χ4n) is 1.42. The van der Waals surface area contributed by atoms with Crippen LogP contribution in [0.5, 0.6) is 0 Å². The minimum absolute atomic E-state index is 0.255. The smallest absolute Gasteiger partial charge is 0.388 e. The number of aliphatic hydroxyl groups is 2. The zero-order valence-electron chi connectivity index (χ0n) is 9.46. The van der Waals surface area contributed by atoms with Gasteiger partial charge in [-0.1, -0.05) is 0 Å². The molecule has 0 amide bonds. The summed E-state index contributed by atoms with van der Waals surface area (Å²) in [6.45, 7) is 0. The van der Waals surface area contributed by atoms with Crippen molar-refractivity contribution in [3.05, 3.63) is 39.9 Å². The molecular weight excluding hydrogens is 269 g/mol. The van der Waals surface area contributed by atoms with E-state index in [2.05, 4.69) is 0 Å². The third-order valence-corrected chi connectivity index (χ3v) is 2.47. The van der Waals surface area contributed by atoms with Crippen molar-refractivity contribution in [2.75, 3.05) is 0 Å². The molecule has 4 N–H and O–H groups in total. The van der Waals surface area contributed by atoms with E-state index in [-0.39, 0.29) is 11.3 Å². The summed E-state index contributed by atoms with van der Waals surface area (Å²) in [6.07, 6.45) is -8.68. The lowest BCUT2D eigenvalue weighted by Gasteiger charge is -2.29. The van der Waals surface area contributed by atoms with Gasteiger partial charge in [-0.05, 0) is 12.1 Å². The van der Waals surface area contributed by atoms with Crippen molar-refractivity contribution < 1.29 is 28.3 Å². The summed E-state index contributed by atoms with van der Waals surface area (Å²) in [5, 5.41) is 29.4. The van der Waals surface area contributed by atoms with Crippen LogP contribution >= 0.6 is 0 Å². The lowest BCUT2D eigenvalue weighted by Crippen LogP contribution is -2.49. The molecule has 2 atom stereocenters. The van der Waals surface area contributed by atoms with Gasteiger partial charge in [0.25, 0.3) is 5.69 Å². The SMILES string of the molecule is N[C@](O)(c1ccc([N+](=O)[O-])cc1)C(O)CC(F)(F)F. The average molecular weight is 280 g/mol. The highest BCUT2D eigenvalue weighted by Crippen LogP contribution is 2.30. The molecule has 6 nitrogen and oxygen atoms in total. The Morgan fingerprint density at radius 2 is 1.79 bits per heavy atom. The summed E-state index contributed by atoms with van der Waals surface area (Å²) in [5.74, 6) is 0. The Morgan fingerprint density at radius 1 is 1.32 bits per heavy atom. The van der Waals surface area contributed by atoms with Crippen LogP contribution in [0.4, 0.5) is 18.9 Å². The summed E-state index contributed by atoms with van der Waals surface area (Å²) in [4.78, 5) is 9.68. The molecule has 19 heavy (non-hydrogen) atoms. The molecular formula is C10H11F3N2O4. The van der Waals surface area contributed by atoms with Crippen LogP contribution < -0.4 is 5.73 Å². The first kappa shape index (κ1) is 15.3. The fourth-order valence-corrected chi connectivity index (χ4v) is 1.42. The Morgan fingerprint density at radius 3 is 2.16 bits per heavy atom. The van der Waals surface area contributed by atoms with Gasteiger partial charge in [0, 0.05) is 17.7 Å². The number of alkyl halides is 3. The predicted molar refractivity (Wildman–Crippen MR) is 57.9 cm³/mol. The van der Waals surface area contributed by atoms with E-state index in [1.165, 1.54) is 0 Å². The second kappa shape index (κ2) is 5.11. The van der Waals surface area contributed by atoms with E-state index in [4.69, 9.17) is 5.73 Å². The number of rotatable bonds is 4. The van der Waals surface area contributed by atoms with E-state index in [1.54, 1.807) is 0 Å². The molecule has 0 bridgehead atoms. The molecule has 0 aromatic heterocycles. The first-order chi connectivity index (χ1) is 8.54. The Bertz CT molecular complexity index is 459. The maximum absolute atomic E-state index is 12.1. The van der Waals surface area contributed by atoms with E-state index >= 15 is 0 Å². The van der Waals surface area contributed by atoms with Crippen molar-refractivity contribution in [1.82, 2.24) is 0 Å². The third kappa shape index (κ3) is 3.88. The number of aliphatic hydroxyl groups excluding tert-OH is 1. The molecule has 0 saturated carbocycles. The number of nitrogens with two attached hydrogens (primary N) is 1. The molecule has 0 heterocycles. The first-order valence-corrected chi connectivity index (χ1v) is 5.05. The molecule has 9 heteroatoms. The molecule has 1 unspecified atom stereocenters. The van der Waals surface area contributed by atoms with Gasteiger partial charge in [-0.2, -0.15) is 13.2 Å². The van der Waals surface area contributed by atoms with Crippen LogP contribution in [0.1, 0.15) is 12.0 Å². The molecule has 0 spiro atoms. The fraction of sp³-hybridized carbons (Fsp3) is 0.400. The summed E-state index contributed by atoms with van der Waals surface area (Å²) in [5.41, 5.74) is 2.03. The normalized spacial score (nSPS) is 16.7. The van der Waals surface area contributed by atoms with Crippen molar-refractivity contribution in [1.29, 1.82) is 0 Å². The van der Waals surface area contributed by atoms with Crippen molar-refractivity contribution in [3.8, 4) is 0 Å². The highest BCUT2D eigenvalue weighted by atomic mass is 19.4. The molecule has 0 fully saturated rings. The summed E-state index contributed by atoms with van der Waals surface area (Å²) in [7, 11) is 0. The number of nitrogens with zero attached hydrogens (tertiary/aromatic N) is 1. The highest BCUT2D eigenvalue weighted by Gasteiger charge is 2.41. The molecule has 0 aliphatic rings. The summed E-state index contributed by atoms with van der Waals surface area (Å²) < 4.78 is 36.3. The van der Waals surface area contributed by atoms with Gasteiger partial charge in [0.05, 0.1) is 11.3 Å². The number of hydrogen-bond donors (Lipinski definition) is 3. The van der Waals surface area contributed by atoms with Gasteiger partial charge in [-0.25, -0.2) is 0 Å². The number of halogens is 3. The molecule has 0 aliphatic carbocycles. The molecule has 1 aromatic rings. The van der Waals surface area contributed by atoms with Crippen LogP contribution in [0.2, 0.25) is 0 Å². The number of hydrogen-bond acceptors (Lipinski definition) is 5. The standard InChI is InChI=1S/C10H11F3N2O4/c11-9(12,13)5-8(16)10(14,17)6-1-3-7(4-2-6)15(18)19/h1-4,8,16-17H,5,14H2/t8?,10-/m0/s1. The number of benzene rings is 1. The largest absolute Gasteiger partial charge is 0.391 e. The Hall–Kier alpha value is -1.71. The lowest BCUT2D eigenvalue weighted by atomic mass is 9.95. The van der Waals surface area contributed by atoms with E-state index in [1.807, 2.05) is 0 Å². The van der Waals surface area contributed by atoms with Crippen LogP contribution in [-0.2, 0) is 5.72 Å². The van der Waals surface area contributed by atoms with Crippen LogP contribution in [-0.4, -0.2) is 27.4 Å². The minimum atomic E-state index is -4.70. The maximum Gasteiger partial charge on any atom is 0.391 e. The van der Waals surface area contributed by atoms with E-state index in [9.17, 15) is 33.5 Å². The molecule has 106 valence electrons. The Kier molecular flexibility index (Phi) is 4.13. The number of nitro groups is 1. The van der Waals surface area contributed by atoms with Crippen LogP contribution in [0.3, 0.4) is 0 Å². The monoisotopic (exact) mass is 280 g/mol. The molecule has 0 radical (unpaired) electrons. The third-order valence-electron chi connectivity index (χ3n) is 2.47. The molecule has 1 aromatic carbocycles. The summed E-state index contributed by atoms with van der Waals surface area (Å²) >= 11 is 0. The first-order valence-electron chi connectivity index (χ1n) is 5.05. The zero-order valence-corrected chi connectivity index (χ0v) is 9.46. The zero-order chi connectivity index (χ0) is 14.8. The van der Waals surface area contributed by atoms with Gasteiger partial charge in [0.15, 0.2) is 5.72 Å². The van der Waals surface area contributed by atoms with Gasteiger partial charge in [-0.15, -0.1) is 0 Å². The van der Waals surface area contributed by atoms with Gasteiger partial charge in [0.2, 0.25) is 0 Å². The molecule has 0 saturated heterocycles. The second-order valence-electron chi connectivity index (χ2n) is 3.96. The number of non-ortho nitro benzene ring substituents is 1. The van der Waals surface area contributed by atoms with E-state index in [0.29, 0.717) is 0 Å². The van der Waals surface area contributed by atoms with E-state index < -0.39 is 29.3 Å². The Balaban J connectivity index is 2.96. The quantitative estimate of drug-likeness (QED) is 0.433. The van der Waals surface area contributed by atoms with Crippen LogP contribution in [0.15, 0.2) is 24.3 Å². The van der Waals surface area contributed by atoms with Gasteiger partial charge in [0.1, 0.15) is 6.10 Å². The second-order valence-corrected chi connectivity index (χ2v) is 3.96. The molecule has 1 rings (SSSR count). The maximum atomic E-state index is 12.1. The topological polar surface area (TPSA) is 110 Å². The van der Waals surface area contributed by atoms with E-state index in [0.717, 1.165) is 24.3 Å². The van der Waals surface area contributed by atoms with Crippen LogP contribution in [0.25, 0.3) is 0 Å². The number of nitro benzene ring substituents is 1. The van der Waals surface area contributed by atoms with Gasteiger partial charge in [-0.3, -0.25) is 15.8 Å². The van der Waals surface area contributed by atoms with Crippen molar-refractivity contribution in [2.24, 2.45) is 5.73 Å². The van der Waals surface area contributed by atoms with Crippen LogP contribution in [0, 0.1) is 10.1 Å².